The molecule has 0 bridgehead atoms. The molecule has 2 aromatic heterocycles. The summed E-state index contributed by atoms with van der Waals surface area (Å²) >= 11 is 0. The predicted molar refractivity (Wildman–Crippen MR) is 129 cm³/mol. The molecule has 1 unspecified atom stereocenters. The topological polar surface area (TPSA) is 101 Å². The van der Waals surface area contributed by atoms with Crippen LogP contribution in [0.15, 0.2) is 48.7 Å². The van der Waals surface area contributed by atoms with Crippen LogP contribution in [-0.4, -0.2) is 65.6 Å². The molecule has 1 aliphatic rings. The first kappa shape index (κ1) is 24.9. The summed E-state index contributed by atoms with van der Waals surface area (Å²) in [7, 11) is 1.76. The maximum atomic E-state index is 13.0. The summed E-state index contributed by atoms with van der Waals surface area (Å²) in [6.07, 6.45) is -0.156. The zero-order chi connectivity index (χ0) is 24.6. The van der Waals surface area contributed by atoms with Gasteiger partial charge < -0.3 is 25.2 Å². The first-order chi connectivity index (χ1) is 17.0. The molecule has 1 saturated heterocycles. The van der Waals surface area contributed by atoms with Crippen LogP contribution in [0.4, 0.5) is 14.6 Å². The predicted octanol–water partition coefficient (Wildman–Crippen LogP) is 3.69. The van der Waals surface area contributed by atoms with Crippen molar-refractivity contribution in [2.24, 2.45) is 0 Å². The fraction of sp³-hybridized carbons (Fsp3) is 0.400. The average molecular weight is 486 g/mol. The van der Waals surface area contributed by atoms with Crippen molar-refractivity contribution in [3.63, 3.8) is 0 Å². The van der Waals surface area contributed by atoms with Crippen LogP contribution in [0.25, 0.3) is 22.6 Å². The van der Waals surface area contributed by atoms with Crippen LogP contribution in [0.5, 0.6) is 5.75 Å². The Morgan fingerprint density at radius 2 is 1.94 bits per heavy atom. The van der Waals surface area contributed by atoms with Gasteiger partial charge in [-0.05, 0) is 44.2 Å². The third-order valence-electron chi connectivity index (χ3n) is 5.58. The van der Waals surface area contributed by atoms with E-state index in [1.54, 1.807) is 25.2 Å². The molecule has 186 valence electrons. The van der Waals surface area contributed by atoms with Crippen LogP contribution in [-0.2, 0) is 4.74 Å². The molecule has 10 heteroatoms. The standard InChI is InChI=1S/C25H29F2N5O3/c1-28-14-19(33)15-35-20-4-2-3-16(11-20)25-31-22(17-5-6-21(24(26)27)29-13-17)12-23(32-25)30-18-7-9-34-10-8-18/h2-6,11-13,18-19,24,28,33H,7-10,14-15H2,1H3,(H,30,31,32). The van der Waals surface area contributed by atoms with Crippen LogP contribution in [0.3, 0.4) is 0 Å². The normalized spacial score (nSPS) is 15.2. The second kappa shape index (κ2) is 12.0. The molecular weight excluding hydrogens is 456 g/mol. The highest BCUT2D eigenvalue weighted by Crippen LogP contribution is 2.28. The molecule has 4 rings (SSSR count). The highest BCUT2D eigenvalue weighted by atomic mass is 19.3. The summed E-state index contributed by atoms with van der Waals surface area (Å²) in [4.78, 5) is 13.3. The smallest absolute Gasteiger partial charge is 0.280 e. The summed E-state index contributed by atoms with van der Waals surface area (Å²) in [6.45, 7) is 1.93. The quantitative estimate of drug-likeness (QED) is 0.400. The molecule has 3 aromatic rings. The Bertz CT molecular complexity index is 1090. The lowest BCUT2D eigenvalue weighted by atomic mass is 10.1. The van der Waals surface area contributed by atoms with E-state index in [-0.39, 0.29) is 18.3 Å². The Morgan fingerprint density at radius 3 is 2.66 bits per heavy atom. The van der Waals surface area contributed by atoms with Crippen LogP contribution in [0, 0.1) is 0 Å². The second-order valence-electron chi connectivity index (χ2n) is 8.32. The van der Waals surface area contributed by atoms with Crippen LogP contribution in [0.2, 0.25) is 0 Å². The van der Waals surface area contributed by atoms with Crippen LogP contribution in [0.1, 0.15) is 25.0 Å². The van der Waals surface area contributed by atoms with Crippen LogP contribution >= 0.6 is 0 Å². The number of nitrogens with one attached hydrogen (secondary N) is 2. The molecule has 1 aromatic carbocycles. The number of hydrogen-bond donors (Lipinski definition) is 3. The first-order valence-corrected chi connectivity index (χ1v) is 11.6. The lowest BCUT2D eigenvalue weighted by Crippen LogP contribution is -2.29. The number of halogens is 2. The third-order valence-corrected chi connectivity index (χ3v) is 5.58. The minimum absolute atomic E-state index is 0.143. The Kier molecular flexibility index (Phi) is 8.51. The van der Waals surface area contributed by atoms with Gasteiger partial charge in [0.15, 0.2) is 5.82 Å². The molecule has 1 atom stereocenters. The number of benzene rings is 1. The van der Waals surface area contributed by atoms with Crippen molar-refractivity contribution in [3.8, 4) is 28.4 Å². The van der Waals surface area contributed by atoms with E-state index in [0.717, 1.165) is 18.4 Å². The number of anilines is 1. The van der Waals surface area contributed by atoms with Gasteiger partial charge in [-0.25, -0.2) is 18.7 Å². The van der Waals surface area contributed by atoms with Crippen molar-refractivity contribution in [2.45, 2.75) is 31.4 Å². The fourth-order valence-electron chi connectivity index (χ4n) is 3.75. The second-order valence-corrected chi connectivity index (χ2v) is 8.32. The Morgan fingerprint density at radius 1 is 1.11 bits per heavy atom. The summed E-state index contributed by atoms with van der Waals surface area (Å²) in [5, 5.41) is 16.3. The molecule has 1 aliphatic heterocycles. The molecule has 0 amide bonds. The van der Waals surface area contributed by atoms with Crippen molar-refractivity contribution in [1.82, 2.24) is 20.3 Å². The van der Waals surface area contributed by atoms with Gasteiger partial charge in [-0.3, -0.25) is 4.98 Å². The van der Waals surface area contributed by atoms with Crippen molar-refractivity contribution in [1.29, 1.82) is 0 Å². The third kappa shape index (κ3) is 6.91. The van der Waals surface area contributed by atoms with E-state index in [2.05, 4.69) is 20.6 Å². The zero-order valence-corrected chi connectivity index (χ0v) is 19.5. The maximum Gasteiger partial charge on any atom is 0.280 e. The molecule has 3 N–H and O–H groups in total. The van der Waals surface area contributed by atoms with Crippen molar-refractivity contribution in [3.05, 3.63) is 54.4 Å². The number of rotatable bonds is 10. The average Bonchev–Trinajstić information content (AvgIpc) is 2.88. The molecular formula is C25H29F2N5O3. The SMILES string of the molecule is CNCC(O)COc1cccc(-c2nc(NC3CCOCC3)cc(-c3ccc(C(F)F)nc3)n2)c1. The number of aromatic nitrogens is 3. The fourth-order valence-corrected chi connectivity index (χ4v) is 3.75. The molecule has 35 heavy (non-hydrogen) atoms. The van der Waals surface area contributed by atoms with Gasteiger partial charge in [0.2, 0.25) is 0 Å². The van der Waals surface area contributed by atoms with Crippen LogP contribution < -0.4 is 15.4 Å². The van der Waals surface area contributed by atoms with E-state index in [1.807, 2.05) is 18.2 Å². The highest BCUT2D eigenvalue weighted by Gasteiger charge is 2.17. The Labute approximate surface area is 202 Å². The van der Waals surface area contributed by atoms with Gasteiger partial charge in [-0.15, -0.1) is 0 Å². The number of pyridine rings is 1. The van der Waals surface area contributed by atoms with E-state index in [4.69, 9.17) is 14.5 Å². The first-order valence-electron chi connectivity index (χ1n) is 11.6. The van der Waals surface area contributed by atoms with Gasteiger partial charge in [-0.2, -0.15) is 0 Å². The van der Waals surface area contributed by atoms with Crippen molar-refractivity contribution >= 4 is 5.82 Å². The number of ether oxygens (including phenoxy) is 2. The maximum absolute atomic E-state index is 13.0. The van der Waals surface area contributed by atoms with Crippen molar-refractivity contribution in [2.75, 3.05) is 38.7 Å². The van der Waals surface area contributed by atoms with E-state index in [0.29, 0.717) is 48.4 Å². The number of nitrogens with zero attached hydrogens (tertiary/aromatic N) is 3. The molecule has 1 fully saturated rings. The number of aliphatic hydroxyl groups is 1. The van der Waals surface area contributed by atoms with Crippen molar-refractivity contribution < 1.29 is 23.4 Å². The number of alkyl halides is 2. The van der Waals surface area contributed by atoms with E-state index < -0.39 is 12.5 Å². The summed E-state index contributed by atoms with van der Waals surface area (Å²) in [5.41, 5.74) is 1.61. The minimum Gasteiger partial charge on any atom is -0.491 e. The van der Waals surface area contributed by atoms with E-state index in [9.17, 15) is 13.9 Å². The zero-order valence-electron chi connectivity index (χ0n) is 19.5. The molecule has 0 saturated carbocycles. The minimum atomic E-state index is -2.63. The van der Waals surface area contributed by atoms with E-state index >= 15 is 0 Å². The molecule has 3 heterocycles. The van der Waals surface area contributed by atoms with Gasteiger partial charge in [0.1, 0.15) is 30.0 Å². The van der Waals surface area contributed by atoms with E-state index in [1.165, 1.54) is 12.3 Å². The lowest BCUT2D eigenvalue weighted by molar-refractivity contribution is 0.0904. The molecule has 0 aliphatic carbocycles. The lowest BCUT2D eigenvalue weighted by Gasteiger charge is -2.24. The number of aliphatic hydroxyl groups excluding tert-OH is 1. The van der Waals surface area contributed by atoms with Gasteiger partial charge in [0.25, 0.3) is 6.43 Å². The molecule has 8 nitrogen and oxygen atoms in total. The van der Waals surface area contributed by atoms with Gasteiger partial charge in [0.05, 0.1) is 5.69 Å². The van der Waals surface area contributed by atoms with Gasteiger partial charge in [-0.1, -0.05) is 12.1 Å². The molecule has 0 radical (unpaired) electrons. The van der Waals surface area contributed by atoms with Gasteiger partial charge in [0, 0.05) is 49.2 Å². The summed E-state index contributed by atoms with van der Waals surface area (Å²) in [6, 6.07) is 12.2. The largest absolute Gasteiger partial charge is 0.491 e. The summed E-state index contributed by atoms with van der Waals surface area (Å²) in [5.74, 6) is 1.66. The summed E-state index contributed by atoms with van der Waals surface area (Å²) < 4.78 is 37.1. The Hall–Kier alpha value is -3.21. The molecule has 0 spiro atoms. The highest BCUT2D eigenvalue weighted by molar-refractivity contribution is 5.68. The Balaban J connectivity index is 1.64. The number of hydrogen-bond acceptors (Lipinski definition) is 8. The van der Waals surface area contributed by atoms with Gasteiger partial charge >= 0.3 is 0 Å². The monoisotopic (exact) mass is 485 g/mol. The number of likely N-dealkylation sites (N-methyl/N-ethyl adjacent to an activating group) is 1.